The summed E-state index contributed by atoms with van der Waals surface area (Å²) in [6.07, 6.45) is 10.5. The Hall–Kier alpha value is -1.80. The highest BCUT2D eigenvalue weighted by atomic mass is 32.2. The van der Waals surface area contributed by atoms with Crippen LogP contribution in [0.3, 0.4) is 0 Å². The number of carbonyl (C=O) groups excluding carboxylic acids is 3. The van der Waals surface area contributed by atoms with Crippen LogP contribution in [0.4, 0.5) is 0 Å². The lowest BCUT2D eigenvalue weighted by Crippen LogP contribution is -2.60. The Bertz CT molecular complexity index is 1080. The van der Waals surface area contributed by atoms with Crippen LogP contribution >= 0.6 is 11.8 Å². The number of carbonyl (C=O) groups is 3. The topological polar surface area (TPSA) is 81.2 Å². The minimum Gasteiger partial charge on any atom is -0.394 e. The number of thioether (sulfide) groups is 1. The molecule has 4 heterocycles. The van der Waals surface area contributed by atoms with Crippen LogP contribution in [0, 0.1) is 23.2 Å². The fourth-order valence-electron chi connectivity index (χ4n) is 8.13. The van der Waals surface area contributed by atoms with Crippen molar-refractivity contribution in [2.45, 2.75) is 109 Å². The van der Waals surface area contributed by atoms with Crippen molar-refractivity contribution >= 4 is 29.5 Å². The minimum absolute atomic E-state index is 0.000785. The average Bonchev–Trinajstić information content (AvgIpc) is 3.09. The number of aliphatic hydroxyl groups excluding tert-OH is 1. The van der Waals surface area contributed by atoms with E-state index in [0.717, 1.165) is 12.8 Å². The third-order valence-electron chi connectivity index (χ3n) is 9.11. The molecular weight excluding hydrogens is 522 g/mol. The second kappa shape index (κ2) is 10.8. The lowest BCUT2D eigenvalue weighted by atomic mass is 9.74. The Morgan fingerprint density at radius 1 is 1.00 bits per heavy atom. The summed E-state index contributed by atoms with van der Waals surface area (Å²) in [4.78, 5) is 49.3. The first-order valence-electron chi connectivity index (χ1n) is 15.1. The zero-order chi connectivity index (χ0) is 29.8. The summed E-state index contributed by atoms with van der Waals surface area (Å²) in [5.74, 6) is -1.27. The number of hydrogen-bond acceptors (Lipinski definition) is 5. The van der Waals surface area contributed by atoms with E-state index >= 15 is 0 Å². The Kier molecular flexibility index (Phi) is 8.40. The molecular formula is C32H51N3O4S. The van der Waals surface area contributed by atoms with Crippen LogP contribution in [0.25, 0.3) is 0 Å². The maximum atomic E-state index is 14.9. The van der Waals surface area contributed by atoms with E-state index in [2.05, 4.69) is 86.6 Å². The molecule has 40 heavy (non-hydrogen) atoms. The van der Waals surface area contributed by atoms with Crippen molar-refractivity contribution in [2.75, 3.05) is 26.2 Å². The standard InChI is InChI=1S/C32H51N3O4S/c1-10-15-33-16-11-13-31(9)23(26(33)37)24-27(38)35(22(19-36)18-21(2)3)25-28(39)34(17-12-14-32(24,25)40-31)30(7,8)20-29(4,5)6/h11-14,21-25,36H,10,15-20H2,1-9H3/t22-,23+,24+,25?,31-,32+/m1/s1. The molecule has 4 rings (SSSR count). The Labute approximate surface area is 245 Å². The molecule has 0 aromatic carbocycles. The molecule has 2 fully saturated rings. The molecule has 0 bridgehead atoms. The second-order valence-electron chi connectivity index (χ2n) is 14.8. The highest BCUT2D eigenvalue weighted by molar-refractivity contribution is 8.02. The van der Waals surface area contributed by atoms with Crippen molar-refractivity contribution in [3.8, 4) is 0 Å². The molecule has 0 radical (unpaired) electrons. The van der Waals surface area contributed by atoms with Gasteiger partial charge in [0.15, 0.2) is 0 Å². The van der Waals surface area contributed by atoms with E-state index in [-0.39, 0.29) is 35.7 Å². The SMILES string of the molecule is CCCN1CC=C[C@@]2(C)S[C@]34C=CCN(C(C)(C)CC(C)(C)C)C(=O)C3N([C@@H](CO)CC(C)C)C(=O)[C@@H]4[C@H]2C1=O. The lowest BCUT2D eigenvalue weighted by molar-refractivity contribution is -0.150. The van der Waals surface area contributed by atoms with Gasteiger partial charge < -0.3 is 19.8 Å². The van der Waals surface area contributed by atoms with Gasteiger partial charge in [-0.2, -0.15) is 0 Å². The summed E-state index contributed by atoms with van der Waals surface area (Å²) < 4.78 is -1.50. The van der Waals surface area contributed by atoms with Gasteiger partial charge >= 0.3 is 0 Å². The number of nitrogens with zero attached hydrogens (tertiary/aromatic N) is 3. The Morgan fingerprint density at radius 2 is 1.65 bits per heavy atom. The van der Waals surface area contributed by atoms with Gasteiger partial charge in [-0.25, -0.2) is 0 Å². The summed E-state index contributed by atoms with van der Waals surface area (Å²) in [5, 5.41) is 10.6. The number of aliphatic hydroxyl groups is 1. The molecule has 1 unspecified atom stereocenters. The van der Waals surface area contributed by atoms with Gasteiger partial charge in [-0.05, 0) is 51.4 Å². The molecule has 8 heteroatoms. The fraction of sp³-hybridized carbons (Fsp3) is 0.781. The van der Waals surface area contributed by atoms with E-state index in [4.69, 9.17) is 0 Å². The van der Waals surface area contributed by atoms with Crippen molar-refractivity contribution in [1.29, 1.82) is 0 Å². The molecule has 0 saturated carbocycles. The van der Waals surface area contributed by atoms with Gasteiger partial charge in [0.05, 0.1) is 29.2 Å². The van der Waals surface area contributed by atoms with E-state index in [1.54, 1.807) is 16.7 Å². The molecule has 6 atom stereocenters. The molecule has 1 spiro atoms. The lowest BCUT2D eigenvalue weighted by Gasteiger charge is -2.46. The molecule has 0 aromatic rings. The van der Waals surface area contributed by atoms with Gasteiger partial charge in [0.2, 0.25) is 17.7 Å². The van der Waals surface area contributed by atoms with Gasteiger partial charge in [-0.15, -0.1) is 11.8 Å². The Balaban J connectivity index is 1.89. The summed E-state index contributed by atoms with van der Waals surface area (Å²) in [7, 11) is 0. The van der Waals surface area contributed by atoms with Gasteiger partial charge in [-0.3, -0.25) is 14.4 Å². The van der Waals surface area contributed by atoms with Crippen LogP contribution in [0.15, 0.2) is 24.3 Å². The maximum absolute atomic E-state index is 14.9. The van der Waals surface area contributed by atoms with Crippen LogP contribution in [-0.4, -0.2) is 90.9 Å². The highest BCUT2D eigenvalue weighted by Gasteiger charge is 2.74. The third kappa shape index (κ3) is 5.16. The van der Waals surface area contributed by atoms with Crippen molar-refractivity contribution in [3.05, 3.63) is 24.3 Å². The van der Waals surface area contributed by atoms with Crippen LogP contribution in [0.1, 0.15) is 81.6 Å². The fourth-order valence-corrected chi connectivity index (χ4v) is 10.3. The molecule has 1 N–H and O–H groups in total. The number of amides is 3. The molecule has 0 aromatic heterocycles. The molecule has 224 valence electrons. The van der Waals surface area contributed by atoms with E-state index < -0.39 is 39.0 Å². The van der Waals surface area contributed by atoms with Crippen LogP contribution in [0.2, 0.25) is 0 Å². The quantitative estimate of drug-likeness (QED) is 0.433. The van der Waals surface area contributed by atoms with Gasteiger partial charge in [-0.1, -0.05) is 65.8 Å². The summed E-state index contributed by atoms with van der Waals surface area (Å²) in [5.41, 5.74) is -0.449. The maximum Gasteiger partial charge on any atom is 0.247 e. The number of rotatable bonds is 8. The highest BCUT2D eigenvalue weighted by Crippen LogP contribution is 2.66. The summed E-state index contributed by atoms with van der Waals surface area (Å²) in [6, 6.07) is -1.27. The molecule has 0 aliphatic carbocycles. The van der Waals surface area contributed by atoms with Crippen molar-refractivity contribution in [2.24, 2.45) is 23.2 Å². The molecule has 4 aliphatic heterocycles. The second-order valence-corrected chi connectivity index (χ2v) is 16.6. The smallest absolute Gasteiger partial charge is 0.247 e. The first-order valence-corrected chi connectivity index (χ1v) is 15.9. The Morgan fingerprint density at radius 3 is 2.23 bits per heavy atom. The number of hydrogen-bond donors (Lipinski definition) is 1. The van der Waals surface area contributed by atoms with Crippen LogP contribution in [0.5, 0.6) is 0 Å². The van der Waals surface area contributed by atoms with E-state index in [0.29, 0.717) is 26.1 Å². The predicted molar refractivity (Wildman–Crippen MR) is 162 cm³/mol. The third-order valence-corrected chi connectivity index (χ3v) is 10.9. The monoisotopic (exact) mass is 573 g/mol. The number of fused-ring (bicyclic) bond motifs is 2. The van der Waals surface area contributed by atoms with Crippen LogP contribution in [-0.2, 0) is 14.4 Å². The molecule has 4 aliphatic rings. The average molecular weight is 574 g/mol. The van der Waals surface area contributed by atoms with Crippen molar-refractivity contribution in [3.63, 3.8) is 0 Å². The summed E-state index contributed by atoms with van der Waals surface area (Å²) in [6.45, 7) is 20.4. The molecule has 3 amide bonds. The normalized spacial score (nSPS) is 33.3. The van der Waals surface area contributed by atoms with E-state index in [1.807, 2.05) is 9.80 Å². The summed E-state index contributed by atoms with van der Waals surface area (Å²) >= 11 is 1.62. The van der Waals surface area contributed by atoms with Gasteiger partial charge in [0, 0.05) is 29.9 Å². The molecule has 2 saturated heterocycles. The first kappa shape index (κ1) is 31.1. The largest absolute Gasteiger partial charge is 0.394 e. The van der Waals surface area contributed by atoms with Crippen molar-refractivity contribution in [1.82, 2.24) is 14.7 Å². The molecule has 7 nitrogen and oxygen atoms in total. The van der Waals surface area contributed by atoms with E-state index in [1.165, 1.54) is 0 Å². The first-order chi connectivity index (χ1) is 18.5. The van der Waals surface area contributed by atoms with Crippen molar-refractivity contribution < 1.29 is 19.5 Å². The predicted octanol–water partition coefficient (Wildman–Crippen LogP) is 4.50. The van der Waals surface area contributed by atoms with Gasteiger partial charge in [0.25, 0.3) is 0 Å². The number of likely N-dealkylation sites (tertiary alicyclic amines) is 1. The van der Waals surface area contributed by atoms with Gasteiger partial charge in [0.1, 0.15) is 6.04 Å². The zero-order valence-electron chi connectivity index (χ0n) is 26.1. The van der Waals surface area contributed by atoms with E-state index in [9.17, 15) is 19.5 Å². The minimum atomic E-state index is -0.889. The zero-order valence-corrected chi connectivity index (χ0v) is 26.9. The van der Waals surface area contributed by atoms with Crippen LogP contribution < -0.4 is 0 Å².